The maximum absolute atomic E-state index is 12.8. The Labute approximate surface area is 150 Å². The second-order valence-corrected chi connectivity index (χ2v) is 8.58. The summed E-state index contributed by atoms with van der Waals surface area (Å²) in [6.45, 7) is 7.13. The van der Waals surface area contributed by atoms with Gasteiger partial charge >= 0.3 is 0 Å². The fourth-order valence-corrected chi connectivity index (χ4v) is 5.11. The van der Waals surface area contributed by atoms with Crippen molar-refractivity contribution < 1.29 is 4.79 Å². The molecule has 2 fully saturated rings. The van der Waals surface area contributed by atoms with Gasteiger partial charge in [-0.2, -0.15) is 0 Å². The Morgan fingerprint density at radius 3 is 2.16 bits per heavy atom. The Bertz CT molecular complexity index is 777. The second kappa shape index (κ2) is 5.72. The Morgan fingerprint density at radius 1 is 0.960 bits per heavy atom. The molecule has 2 aromatic carbocycles. The fourth-order valence-electron chi connectivity index (χ4n) is 5.11. The summed E-state index contributed by atoms with van der Waals surface area (Å²) in [5, 5.41) is 3.34. The maximum atomic E-state index is 12.8. The van der Waals surface area contributed by atoms with Gasteiger partial charge in [-0.3, -0.25) is 4.79 Å². The Morgan fingerprint density at radius 2 is 1.60 bits per heavy atom. The van der Waals surface area contributed by atoms with Gasteiger partial charge in [0, 0.05) is 11.6 Å². The largest absolute Gasteiger partial charge is 0.349 e. The molecule has 2 aliphatic carbocycles. The molecule has 2 bridgehead atoms. The molecule has 2 nitrogen and oxygen atoms in total. The molecule has 4 rings (SSSR count). The molecule has 0 aromatic heterocycles. The highest BCUT2D eigenvalue weighted by Crippen LogP contribution is 2.65. The normalized spacial score (nSPS) is 29.6. The molecule has 2 aliphatic rings. The van der Waals surface area contributed by atoms with Gasteiger partial charge in [-0.1, -0.05) is 63.2 Å². The first-order chi connectivity index (χ1) is 11.9. The quantitative estimate of drug-likeness (QED) is 0.811. The van der Waals surface area contributed by atoms with E-state index in [9.17, 15) is 4.79 Å². The van der Waals surface area contributed by atoms with E-state index >= 15 is 0 Å². The number of amides is 1. The summed E-state index contributed by atoms with van der Waals surface area (Å²) in [5.41, 5.74) is 3.62. The second-order valence-electron chi connectivity index (χ2n) is 8.58. The van der Waals surface area contributed by atoms with Gasteiger partial charge in [0.25, 0.3) is 5.91 Å². The third-order valence-electron chi connectivity index (χ3n) is 7.35. The van der Waals surface area contributed by atoms with Crippen LogP contribution in [0.25, 0.3) is 11.1 Å². The zero-order valence-corrected chi connectivity index (χ0v) is 15.4. The molecule has 0 aliphatic heterocycles. The van der Waals surface area contributed by atoms with Crippen LogP contribution in [-0.4, -0.2) is 11.9 Å². The molecule has 3 atom stereocenters. The fraction of sp³-hybridized carbons (Fsp3) is 0.435. The van der Waals surface area contributed by atoms with Gasteiger partial charge in [-0.15, -0.1) is 0 Å². The van der Waals surface area contributed by atoms with E-state index in [2.05, 4.69) is 38.2 Å². The van der Waals surface area contributed by atoms with Gasteiger partial charge in [0.1, 0.15) is 0 Å². The van der Waals surface area contributed by atoms with Crippen molar-refractivity contribution in [3.8, 4) is 11.1 Å². The van der Waals surface area contributed by atoms with E-state index < -0.39 is 0 Å². The lowest BCUT2D eigenvalue weighted by molar-refractivity contribution is 0.0826. The first-order valence-corrected chi connectivity index (χ1v) is 9.38. The average molecular weight is 333 g/mol. The zero-order valence-electron chi connectivity index (χ0n) is 15.4. The van der Waals surface area contributed by atoms with Crippen molar-refractivity contribution >= 4 is 5.91 Å². The third kappa shape index (κ3) is 2.50. The van der Waals surface area contributed by atoms with Crippen LogP contribution in [0.4, 0.5) is 0 Å². The van der Waals surface area contributed by atoms with Crippen molar-refractivity contribution in [2.75, 3.05) is 0 Å². The van der Waals surface area contributed by atoms with Crippen molar-refractivity contribution in [1.29, 1.82) is 0 Å². The predicted octanol–water partition coefficient (Wildman–Crippen LogP) is 5.30. The summed E-state index contributed by atoms with van der Waals surface area (Å²) in [6.07, 6.45) is 3.65. The number of hydrogen-bond acceptors (Lipinski definition) is 1. The molecule has 1 N–H and O–H groups in total. The summed E-state index contributed by atoms with van der Waals surface area (Å²) in [5.74, 6) is 0.803. The van der Waals surface area contributed by atoms with Crippen molar-refractivity contribution in [3.63, 3.8) is 0 Å². The molecule has 2 heteroatoms. The Hall–Kier alpha value is -2.09. The predicted molar refractivity (Wildman–Crippen MR) is 102 cm³/mol. The van der Waals surface area contributed by atoms with E-state index in [0.29, 0.717) is 11.5 Å². The molecule has 2 aromatic rings. The first kappa shape index (κ1) is 16.4. The third-order valence-corrected chi connectivity index (χ3v) is 7.35. The lowest BCUT2D eigenvalue weighted by Crippen LogP contribution is -2.46. The van der Waals surface area contributed by atoms with Crippen molar-refractivity contribution in [2.24, 2.45) is 16.7 Å². The van der Waals surface area contributed by atoms with Crippen LogP contribution in [-0.2, 0) is 0 Å². The van der Waals surface area contributed by atoms with Crippen LogP contribution in [0.5, 0.6) is 0 Å². The number of rotatable bonds is 3. The number of fused-ring (bicyclic) bond motifs is 2. The van der Waals surface area contributed by atoms with Gasteiger partial charge < -0.3 is 5.32 Å². The smallest absolute Gasteiger partial charge is 0.251 e. The highest BCUT2D eigenvalue weighted by molar-refractivity contribution is 5.95. The number of hydrogen-bond donors (Lipinski definition) is 1. The zero-order chi connectivity index (χ0) is 17.7. The number of carbonyl (C=O) groups is 1. The van der Waals surface area contributed by atoms with Crippen LogP contribution < -0.4 is 5.32 Å². The Balaban J connectivity index is 1.49. The van der Waals surface area contributed by atoms with Crippen LogP contribution in [0.1, 0.15) is 50.4 Å². The molecule has 2 saturated carbocycles. The Kier molecular flexibility index (Phi) is 3.75. The van der Waals surface area contributed by atoms with E-state index in [0.717, 1.165) is 23.5 Å². The van der Waals surface area contributed by atoms with Gasteiger partial charge in [-0.05, 0) is 59.3 Å². The molecule has 1 amide bonds. The minimum atomic E-state index is 0.0641. The van der Waals surface area contributed by atoms with E-state index in [1.807, 2.05) is 42.5 Å². The van der Waals surface area contributed by atoms with Crippen molar-refractivity contribution in [3.05, 3.63) is 60.2 Å². The van der Waals surface area contributed by atoms with Gasteiger partial charge in [-0.25, -0.2) is 0 Å². The summed E-state index contributed by atoms with van der Waals surface area (Å²) in [6, 6.07) is 18.5. The number of nitrogens with one attached hydrogen (secondary N) is 1. The van der Waals surface area contributed by atoms with Crippen molar-refractivity contribution in [1.82, 2.24) is 5.32 Å². The molecule has 0 saturated heterocycles. The molecule has 25 heavy (non-hydrogen) atoms. The van der Waals surface area contributed by atoms with Crippen LogP contribution in [0.15, 0.2) is 54.6 Å². The summed E-state index contributed by atoms with van der Waals surface area (Å²) in [7, 11) is 0. The number of carbonyl (C=O) groups excluding carboxylic acids is 1. The molecule has 0 spiro atoms. The minimum Gasteiger partial charge on any atom is -0.349 e. The summed E-state index contributed by atoms with van der Waals surface area (Å²) in [4.78, 5) is 12.8. The summed E-state index contributed by atoms with van der Waals surface area (Å²) < 4.78 is 0. The molecule has 0 heterocycles. The van der Waals surface area contributed by atoms with Gasteiger partial charge in [0.15, 0.2) is 0 Å². The lowest BCUT2D eigenvalue weighted by Gasteiger charge is -2.39. The topological polar surface area (TPSA) is 29.1 Å². The number of benzene rings is 2. The monoisotopic (exact) mass is 333 g/mol. The summed E-state index contributed by atoms with van der Waals surface area (Å²) >= 11 is 0. The highest BCUT2D eigenvalue weighted by Gasteiger charge is 2.61. The van der Waals surface area contributed by atoms with Crippen LogP contribution >= 0.6 is 0 Å². The van der Waals surface area contributed by atoms with E-state index in [4.69, 9.17) is 0 Å². The SMILES string of the molecule is CC1(C)[C@H]2CC[C@@]1(C)[C@@H](NC(=O)c1ccc(-c3ccccc3)cc1)C2. The van der Waals surface area contributed by atoms with Gasteiger partial charge in [0.05, 0.1) is 0 Å². The van der Waals surface area contributed by atoms with Gasteiger partial charge in [0.2, 0.25) is 0 Å². The maximum Gasteiger partial charge on any atom is 0.251 e. The van der Waals surface area contributed by atoms with Crippen LogP contribution in [0, 0.1) is 16.7 Å². The van der Waals surface area contributed by atoms with Crippen LogP contribution in [0.2, 0.25) is 0 Å². The lowest BCUT2D eigenvalue weighted by atomic mass is 9.69. The van der Waals surface area contributed by atoms with Crippen molar-refractivity contribution in [2.45, 2.75) is 46.1 Å². The molecular weight excluding hydrogens is 306 g/mol. The first-order valence-electron chi connectivity index (χ1n) is 9.38. The van der Waals surface area contributed by atoms with E-state index in [1.165, 1.54) is 18.4 Å². The standard InChI is InChI=1S/C23H27NO/c1-22(2)19-13-14-23(22,3)20(15-19)24-21(25)18-11-9-17(10-12-18)16-7-5-4-6-8-16/h4-12,19-20H,13-15H2,1-3H3,(H,24,25)/t19-,20-,23-/m0/s1. The molecule has 0 radical (unpaired) electrons. The molecule has 130 valence electrons. The average Bonchev–Trinajstić information content (AvgIpc) is 2.96. The molecule has 0 unspecified atom stereocenters. The van der Waals surface area contributed by atoms with E-state index in [1.54, 1.807) is 0 Å². The van der Waals surface area contributed by atoms with E-state index in [-0.39, 0.29) is 11.3 Å². The minimum absolute atomic E-state index is 0.0641. The molecular formula is C23H27NO. The highest BCUT2D eigenvalue weighted by atomic mass is 16.1. The van der Waals surface area contributed by atoms with Crippen LogP contribution in [0.3, 0.4) is 0 Å².